The van der Waals surface area contributed by atoms with Gasteiger partial charge in [0.2, 0.25) is 0 Å². The highest BCUT2D eigenvalue weighted by atomic mass is 19.1. The summed E-state index contributed by atoms with van der Waals surface area (Å²) in [5, 5.41) is 13.7. The number of aromatic carboxylic acids is 1. The molecule has 102 valence electrons. The fourth-order valence-electron chi connectivity index (χ4n) is 1.83. The van der Waals surface area contributed by atoms with Crippen molar-refractivity contribution in [3.05, 3.63) is 29.6 Å². The molecule has 2 amide bonds. The quantitative estimate of drug-likeness (QED) is 0.782. The molecule has 1 fully saturated rings. The average Bonchev–Trinajstić information content (AvgIpc) is 3.05. The van der Waals surface area contributed by atoms with Crippen LogP contribution in [0.2, 0.25) is 0 Å². The van der Waals surface area contributed by atoms with Gasteiger partial charge in [-0.15, -0.1) is 0 Å². The van der Waals surface area contributed by atoms with Crippen molar-refractivity contribution in [3.63, 3.8) is 0 Å². The summed E-state index contributed by atoms with van der Waals surface area (Å²) in [5.74, 6) is -0.733. The van der Waals surface area contributed by atoms with E-state index in [0.717, 1.165) is 24.6 Å². The molecule has 1 aliphatic carbocycles. The number of hydrogen-bond acceptors (Lipinski definition) is 2. The number of halogens is 1. The Morgan fingerprint density at radius 3 is 2.74 bits per heavy atom. The van der Waals surface area contributed by atoms with Gasteiger partial charge in [0.05, 0.1) is 11.3 Å². The number of carboxylic acid groups (broad SMARTS) is 1. The van der Waals surface area contributed by atoms with Gasteiger partial charge in [0.1, 0.15) is 5.82 Å². The standard InChI is InChI=1S/C13H15FN2O3/c1-7-4-9(7)6-15-13(19)16-11-5-8(12(17)18)2-3-10(11)14/h2-3,5,7,9H,4,6H2,1H3,(H,17,18)(H2,15,16,19). The molecule has 0 aliphatic heterocycles. The van der Waals surface area contributed by atoms with Gasteiger partial charge in [-0.1, -0.05) is 6.92 Å². The lowest BCUT2D eigenvalue weighted by atomic mass is 10.2. The minimum atomic E-state index is -1.17. The van der Waals surface area contributed by atoms with E-state index in [2.05, 4.69) is 17.6 Å². The highest BCUT2D eigenvalue weighted by Gasteiger charge is 2.32. The molecule has 0 saturated heterocycles. The van der Waals surface area contributed by atoms with E-state index in [9.17, 15) is 14.0 Å². The Morgan fingerprint density at radius 1 is 1.47 bits per heavy atom. The zero-order chi connectivity index (χ0) is 14.0. The summed E-state index contributed by atoms with van der Waals surface area (Å²) in [7, 11) is 0. The van der Waals surface area contributed by atoms with E-state index >= 15 is 0 Å². The van der Waals surface area contributed by atoms with E-state index in [0.29, 0.717) is 18.4 Å². The molecule has 2 unspecified atom stereocenters. The molecule has 2 rings (SSSR count). The lowest BCUT2D eigenvalue weighted by Gasteiger charge is -2.08. The van der Waals surface area contributed by atoms with Gasteiger partial charge in [-0.2, -0.15) is 0 Å². The Kier molecular flexibility index (Phi) is 3.69. The molecule has 0 bridgehead atoms. The van der Waals surface area contributed by atoms with Crippen LogP contribution in [0.3, 0.4) is 0 Å². The molecule has 3 N–H and O–H groups in total. The average molecular weight is 266 g/mol. The highest BCUT2D eigenvalue weighted by Crippen LogP contribution is 2.36. The predicted molar refractivity (Wildman–Crippen MR) is 67.7 cm³/mol. The van der Waals surface area contributed by atoms with Crippen molar-refractivity contribution >= 4 is 17.7 Å². The van der Waals surface area contributed by atoms with E-state index in [4.69, 9.17) is 5.11 Å². The van der Waals surface area contributed by atoms with Gasteiger partial charge in [-0.3, -0.25) is 0 Å². The molecular formula is C13H15FN2O3. The summed E-state index contributed by atoms with van der Waals surface area (Å²) < 4.78 is 13.4. The van der Waals surface area contributed by atoms with Crippen LogP contribution in [0, 0.1) is 17.7 Å². The van der Waals surface area contributed by atoms with Crippen molar-refractivity contribution in [1.29, 1.82) is 0 Å². The van der Waals surface area contributed by atoms with E-state index in [1.165, 1.54) is 0 Å². The molecule has 6 heteroatoms. The van der Waals surface area contributed by atoms with Crippen molar-refractivity contribution in [1.82, 2.24) is 5.32 Å². The molecule has 2 atom stereocenters. The van der Waals surface area contributed by atoms with E-state index in [-0.39, 0.29) is 11.3 Å². The van der Waals surface area contributed by atoms with Crippen LogP contribution in [0.1, 0.15) is 23.7 Å². The van der Waals surface area contributed by atoms with Crippen LogP contribution >= 0.6 is 0 Å². The number of nitrogens with one attached hydrogen (secondary N) is 2. The SMILES string of the molecule is CC1CC1CNC(=O)Nc1cc(C(=O)O)ccc1F. The van der Waals surface area contributed by atoms with Gasteiger partial charge in [-0.25, -0.2) is 14.0 Å². The lowest BCUT2D eigenvalue weighted by molar-refractivity contribution is 0.0697. The van der Waals surface area contributed by atoms with Gasteiger partial charge in [0.15, 0.2) is 0 Å². The molecule has 1 aromatic carbocycles. The fourth-order valence-corrected chi connectivity index (χ4v) is 1.83. The van der Waals surface area contributed by atoms with Crippen LogP contribution in [0.25, 0.3) is 0 Å². The topological polar surface area (TPSA) is 78.4 Å². The number of benzene rings is 1. The first-order valence-electron chi connectivity index (χ1n) is 6.05. The first kappa shape index (κ1) is 13.3. The Labute approximate surface area is 109 Å². The van der Waals surface area contributed by atoms with Crippen LogP contribution in [-0.4, -0.2) is 23.7 Å². The van der Waals surface area contributed by atoms with E-state index in [1.54, 1.807) is 0 Å². The highest BCUT2D eigenvalue weighted by molar-refractivity contribution is 5.93. The van der Waals surface area contributed by atoms with Crippen LogP contribution < -0.4 is 10.6 Å². The third kappa shape index (κ3) is 3.43. The number of hydrogen-bond donors (Lipinski definition) is 3. The molecule has 5 nitrogen and oxygen atoms in total. The maximum absolute atomic E-state index is 13.4. The third-order valence-corrected chi connectivity index (χ3v) is 3.26. The fraction of sp³-hybridized carbons (Fsp3) is 0.385. The Morgan fingerprint density at radius 2 is 2.16 bits per heavy atom. The monoisotopic (exact) mass is 266 g/mol. The largest absolute Gasteiger partial charge is 0.478 e. The van der Waals surface area contributed by atoms with Gasteiger partial charge in [0.25, 0.3) is 0 Å². The molecule has 0 aromatic heterocycles. The first-order chi connectivity index (χ1) is 8.97. The van der Waals surface area contributed by atoms with Crippen molar-refractivity contribution in [2.75, 3.05) is 11.9 Å². The smallest absolute Gasteiger partial charge is 0.335 e. The predicted octanol–water partition coefficient (Wildman–Crippen LogP) is 2.30. The molecule has 1 aromatic rings. The zero-order valence-electron chi connectivity index (χ0n) is 10.4. The molecular weight excluding hydrogens is 251 g/mol. The Balaban J connectivity index is 1.95. The van der Waals surface area contributed by atoms with Crippen LogP contribution in [0.15, 0.2) is 18.2 Å². The van der Waals surface area contributed by atoms with Crippen molar-refractivity contribution < 1.29 is 19.1 Å². The second kappa shape index (κ2) is 5.26. The normalized spacial score (nSPS) is 20.7. The number of carbonyl (C=O) groups is 2. The van der Waals surface area contributed by atoms with Crippen molar-refractivity contribution in [2.24, 2.45) is 11.8 Å². The molecule has 0 heterocycles. The third-order valence-electron chi connectivity index (χ3n) is 3.26. The summed E-state index contributed by atoms with van der Waals surface area (Å²) in [6, 6.07) is 2.73. The molecule has 1 saturated carbocycles. The van der Waals surface area contributed by atoms with Crippen LogP contribution in [-0.2, 0) is 0 Å². The number of urea groups is 1. The van der Waals surface area contributed by atoms with Gasteiger partial charge in [0, 0.05) is 6.54 Å². The Hall–Kier alpha value is -2.11. The lowest BCUT2D eigenvalue weighted by Crippen LogP contribution is -2.31. The van der Waals surface area contributed by atoms with E-state index in [1.807, 2.05) is 0 Å². The second-order valence-corrected chi connectivity index (χ2v) is 4.81. The Bertz CT molecular complexity index is 519. The van der Waals surface area contributed by atoms with Crippen LogP contribution in [0.5, 0.6) is 0 Å². The summed E-state index contributed by atoms with van der Waals surface area (Å²) >= 11 is 0. The van der Waals surface area contributed by atoms with Crippen LogP contribution in [0.4, 0.5) is 14.9 Å². The molecule has 1 aliphatic rings. The number of anilines is 1. The first-order valence-corrected chi connectivity index (χ1v) is 6.05. The maximum Gasteiger partial charge on any atom is 0.335 e. The minimum absolute atomic E-state index is 0.0764. The summed E-state index contributed by atoms with van der Waals surface area (Å²) in [4.78, 5) is 22.3. The molecule has 0 spiro atoms. The van der Waals surface area contributed by atoms with Gasteiger partial charge < -0.3 is 15.7 Å². The number of carbonyl (C=O) groups excluding carboxylic acids is 1. The zero-order valence-corrected chi connectivity index (χ0v) is 10.4. The summed E-state index contributed by atoms with van der Waals surface area (Å²) in [6.07, 6.45) is 1.09. The second-order valence-electron chi connectivity index (χ2n) is 4.81. The summed E-state index contributed by atoms with van der Waals surface area (Å²) in [5.41, 5.74) is -0.214. The van der Waals surface area contributed by atoms with Crippen molar-refractivity contribution in [2.45, 2.75) is 13.3 Å². The van der Waals surface area contributed by atoms with Gasteiger partial charge >= 0.3 is 12.0 Å². The van der Waals surface area contributed by atoms with Crippen molar-refractivity contribution in [3.8, 4) is 0 Å². The molecule has 0 radical (unpaired) electrons. The van der Waals surface area contributed by atoms with E-state index < -0.39 is 17.8 Å². The maximum atomic E-state index is 13.4. The number of carboxylic acids is 1. The summed E-state index contributed by atoms with van der Waals surface area (Å²) in [6.45, 7) is 2.65. The number of amides is 2. The minimum Gasteiger partial charge on any atom is -0.478 e. The molecule has 19 heavy (non-hydrogen) atoms. The number of rotatable bonds is 4. The van der Waals surface area contributed by atoms with Gasteiger partial charge in [-0.05, 0) is 36.5 Å².